The Morgan fingerprint density at radius 1 is 1.40 bits per heavy atom. The minimum absolute atomic E-state index is 0.153. The van der Waals surface area contributed by atoms with Gasteiger partial charge in [-0.2, -0.15) is 24.9 Å². The SMILES string of the molecule is CC(C)CNCc1sc(C2CCCS2)nc1C(F)(F)F. The summed E-state index contributed by atoms with van der Waals surface area (Å²) in [6, 6.07) is 0. The first kappa shape index (κ1) is 16.1. The number of nitrogens with one attached hydrogen (secondary N) is 1. The zero-order valence-electron chi connectivity index (χ0n) is 11.6. The summed E-state index contributed by atoms with van der Waals surface area (Å²) in [6.45, 7) is 5.03. The fourth-order valence-corrected chi connectivity index (χ4v) is 4.66. The van der Waals surface area contributed by atoms with Gasteiger partial charge in [0.25, 0.3) is 0 Å². The van der Waals surface area contributed by atoms with Gasteiger partial charge in [0.1, 0.15) is 5.01 Å². The molecule has 2 nitrogen and oxygen atoms in total. The third-order valence-corrected chi connectivity index (χ3v) is 5.73. The second kappa shape index (κ2) is 6.66. The number of nitrogens with zero attached hydrogens (tertiary/aromatic N) is 1. The van der Waals surface area contributed by atoms with Gasteiger partial charge in [0.05, 0.1) is 10.1 Å². The molecule has 0 radical (unpaired) electrons. The predicted molar refractivity (Wildman–Crippen MR) is 78.1 cm³/mol. The van der Waals surface area contributed by atoms with Gasteiger partial charge in [-0.25, -0.2) is 4.98 Å². The highest BCUT2D eigenvalue weighted by atomic mass is 32.2. The normalized spacial score (nSPS) is 20.0. The molecule has 2 heterocycles. The van der Waals surface area contributed by atoms with Crippen molar-refractivity contribution in [2.24, 2.45) is 5.92 Å². The fraction of sp³-hybridized carbons (Fsp3) is 0.769. The molecule has 0 amide bonds. The quantitative estimate of drug-likeness (QED) is 0.864. The van der Waals surface area contributed by atoms with Crippen LogP contribution in [0, 0.1) is 5.92 Å². The average molecular weight is 324 g/mol. The van der Waals surface area contributed by atoms with Crippen LogP contribution in [-0.4, -0.2) is 17.3 Å². The van der Waals surface area contributed by atoms with Gasteiger partial charge in [0.15, 0.2) is 5.69 Å². The van der Waals surface area contributed by atoms with Crippen molar-refractivity contribution in [1.29, 1.82) is 0 Å². The summed E-state index contributed by atoms with van der Waals surface area (Å²) in [6.07, 6.45) is -2.35. The van der Waals surface area contributed by atoms with E-state index in [1.807, 2.05) is 13.8 Å². The fourth-order valence-electron chi connectivity index (χ4n) is 2.10. The van der Waals surface area contributed by atoms with E-state index in [1.165, 1.54) is 11.3 Å². The van der Waals surface area contributed by atoms with Gasteiger partial charge in [-0.15, -0.1) is 11.3 Å². The lowest BCUT2D eigenvalue weighted by atomic mass is 10.2. The largest absolute Gasteiger partial charge is 0.434 e. The van der Waals surface area contributed by atoms with Gasteiger partial charge in [-0.1, -0.05) is 13.8 Å². The van der Waals surface area contributed by atoms with Crippen molar-refractivity contribution < 1.29 is 13.2 Å². The number of thioether (sulfide) groups is 1. The Labute approximate surface area is 125 Å². The number of thiazole rings is 1. The molecular weight excluding hydrogens is 305 g/mol. The molecule has 0 aliphatic carbocycles. The Morgan fingerprint density at radius 3 is 2.70 bits per heavy atom. The number of aromatic nitrogens is 1. The molecule has 20 heavy (non-hydrogen) atoms. The number of hydrogen-bond acceptors (Lipinski definition) is 4. The Hall–Kier alpha value is -0.270. The summed E-state index contributed by atoms with van der Waals surface area (Å²) in [4.78, 5) is 4.21. The Bertz CT molecular complexity index is 437. The smallest absolute Gasteiger partial charge is 0.312 e. The Morgan fingerprint density at radius 2 is 2.15 bits per heavy atom. The van der Waals surface area contributed by atoms with Crippen molar-refractivity contribution in [3.05, 3.63) is 15.6 Å². The highest BCUT2D eigenvalue weighted by Gasteiger charge is 2.38. The first-order chi connectivity index (χ1) is 9.38. The average Bonchev–Trinajstić information content (AvgIpc) is 2.94. The lowest BCUT2D eigenvalue weighted by Gasteiger charge is -2.08. The van der Waals surface area contributed by atoms with Gasteiger partial charge in [0, 0.05) is 6.54 Å². The summed E-state index contributed by atoms with van der Waals surface area (Å²) < 4.78 is 39.1. The molecule has 114 valence electrons. The van der Waals surface area contributed by atoms with Crippen LogP contribution < -0.4 is 5.32 Å². The lowest BCUT2D eigenvalue weighted by molar-refractivity contribution is -0.141. The van der Waals surface area contributed by atoms with Crippen LogP contribution in [-0.2, 0) is 12.7 Å². The highest BCUT2D eigenvalue weighted by Crippen LogP contribution is 2.44. The van der Waals surface area contributed by atoms with E-state index in [-0.39, 0.29) is 11.8 Å². The van der Waals surface area contributed by atoms with Crippen molar-refractivity contribution in [2.45, 2.75) is 44.7 Å². The summed E-state index contributed by atoms with van der Waals surface area (Å²) in [5.74, 6) is 1.44. The standard InChI is InChI=1S/C13H19F3N2S2/c1-8(2)6-17-7-10-11(13(14,15)16)18-12(20-10)9-4-3-5-19-9/h8-9,17H,3-7H2,1-2H3. The van der Waals surface area contributed by atoms with Gasteiger partial charge in [-0.05, 0) is 31.1 Å². The molecule has 1 N–H and O–H groups in total. The van der Waals surface area contributed by atoms with Crippen LogP contribution >= 0.6 is 23.1 Å². The molecular formula is C13H19F3N2S2. The van der Waals surface area contributed by atoms with Gasteiger partial charge in [0.2, 0.25) is 0 Å². The molecule has 1 saturated heterocycles. The molecule has 0 saturated carbocycles. The summed E-state index contributed by atoms with van der Waals surface area (Å²) >= 11 is 2.94. The molecule has 1 unspecified atom stereocenters. The van der Waals surface area contributed by atoms with E-state index in [9.17, 15) is 13.2 Å². The molecule has 1 aromatic rings. The molecule has 1 aliphatic rings. The third kappa shape index (κ3) is 4.11. The topological polar surface area (TPSA) is 24.9 Å². The lowest BCUT2D eigenvalue weighted by Crippen LogP contribution is -2.20. The van der Waals surface area contributed by atoms with Gasteiger partial charge < -0.3 is 5.32 Å². The van der Waals surface area contributed by atoms with E-state index < -0.39 is 11.9 Å². The second-order valence-corrected chi connectivity index (χ2v) is 7.77. The van der Waals surface area contributed by atoms with Crippen LogP contribution in [0.1, 0.15) is 47.5 Å². The van der Waals surface area contributed by atoms with E-state index in [2.05, 4.69) is 10.3 Å². The predicted octanol–water partition coefficient (Wildman–Crippen LogP) is 4.48. The van der Waals surface area contributed by atoms with Crippen LogP contribution in [0.15, 0.2) is 0 Å². The Balaban J connectivity index is 2.14. The maximum atomic E-state index is 13.0. The van der Waals surface area contributed by atoms with Gasteiger partial charge >= 0.3 is 6.18 Å². The van der Waals surface area contributed by atoms with Crippen molar-refractivity contribution >= 4 is 23.1 Å². The van der Waals surface area contributed by atoms with E-state index in [1.54, 1.807) is 11.8 Å². The number of halogens is 3. The van der Waals surface area contributed by atoms with E-state index in [4.69, 9.17) is 0 Å². The summed E-state index contributed by atoms with van der Waals surface area (Å²) in [5, 5.41) is 3.87. The van der Waals surface area contributed by atoms with Crippen molar-refractivity contribution in [1.82, 2.24) is 10.3 Å². The van der Waals surface area contributed by atoms with Crippen LogP contribution in [0.3, 0.4) is 0 Å². The summed E-state index contributed by atoms with van der Waals surface area (Å²) in [5.41, 5.74) is -0.693. The van der Waals surface area contributed by atoms with Gasteiger partial charge in [-0.3, -0.25) is 0 Å². The van der Waals surface area contributed by atoms with Crippen molar-refractivity contribution in [3.63, 3.8) is 0 Å². The third-order valence-electron chi connectivity index (χ3n) is 3.03. The molecule has 1 atom stereocenters. The van der Waals surface area contributed by atoms with E-state index >= 15 is 0 Å². The van der Waals surface area contributed by atoms with E-state index in [0.717, 1.165) is 18.6 Å². The summed E-state index contributed by atoms with van der Waals surface area (Å²) in [7, 11) is 0. The number of hydrogen-bond donors (Lipinski definition) is 1. The minimum atomic E-state index is -4.35. The molecule has 7 heteroatoms. The first-order valence-corrected chi connectivity index (χ1v) is 8.63. The molecule has 2 rings (SSSR count). The van der Waals surface area contributed by atoms with Crippen LogP contribution in [0.25, 0.3) is 0 Å². The molecule has 1 fully saturated rings. The monoisotopic (exact) mass is 324 g/mol. The molecule has 0 spiro atoms. The zero-order valence-corrected chi connectivity index (χ0v) is 13.2. The van der Waals surface area contributed by atoms with Crippen LogP contribution in [0.4, 0.5) is 13.2 Å². The van der Waals surface area contributed by atoms with Crippen molar-refractivity contribution in [3.8, 4) is 0 Å². The molecule has 1 aliphatic heterocycles. The molecule has 1 aromatic heterocycles. The maximum absolute atomic E-state index is 13.0. The Kier molecular flexibility index (Phi) is 5.36. The number of rotatable bonds is 5. The maximum Gasteiger partial charge on any atom is 0.434 e. The minimum Gasteiger partial charge on any atom is -0.312 e. The zero-order chi connectivity index (χ0) is 14.8. The second-order valence-electron chi connectivity index (χ2n) is 5.35. The molecule has 0 aromatic carbocycles. The number of alkyl halides is 3. The molecule has 0 bridgehead atoms. The van der Waals surface area contributed by atoms with Crippen molar-refractivity contribution in [2.75, 3.05) is 12.3 Å². The highest BCUT2D eigenvalue weighted by molar-refractivity contribution is 7.99. The first-order valence-electron chi connectivity index (χ1n) is 6.77. The van der Waals surface area contributed by atoms with Crippen LogP contribution in [0.2, 0.25) is 0 Å². The van der Waals surface area contributed by atoms with E-state index in [0.29, 0.717) is 22.3 Å². The van der Waals surface area contributed by atoms with Crippen LogP contribution in [0.5, 0.6) is 0 Å².